The van der Waals surface area contributed by atoms with Crippen molar-refractivity contribution in [1.29, 1.82) is 0 Å². The molecule has 0 aliphatic heterocycles. The largest absolute Gasteiger partial charge is 0.480 e. The van der Waals surface area contributed by atoms with E-state index in [0.717, 1.165) is 44.2 Å². The lowest BCUT2D eigenvalue weighted by atomic mass is 9.98. The van der Waals surface area contributed by atoms with Crippen LogP contribution in [0.2, 0.25) is 0 Å². The Kier molecular flexibility index (Phi) is 8.10. The van der Waals surface area contributed by atoms with Gasteiger partial charge in [0.05, 0.1) is 0 Å². The molecule has 0 aromatic heterocycles. The highest BCUT2D eigenvalue weighted by atomic mass is 16.4. The van der Waals surface area contributed by atoms with Crippen LogP contribution in [0.4, 0.5) is 0 Å². The number of carboxylic acid groups (broad SMARTS) is 1. The Bertz CT molecular complexity index is 1840. The van der Waals surface area contributed by atoms with Crippen molar-refractivity contribution in [2.24, 2.45) is 0 Å². The maximum absolute atomic E-state index is 14.2. The van der Waals surface area contributed by atoms with Crippen molar-refractivity contribution < 1.29 is 14.7 Å². The number of hydrogen-bond acceptors (Lipinski definition) is 2. The van der Waals surface area contributed by atoms with Crippen molar-refractivity contribution in [3.8, 4) is 22.3 Å². The quantitative estimate of drug-likeness (QED) is 0.193. The summed E-state index contributed by atoms with van der Waals surface area (Å²) in [7, 11) is 0. The van der Waals surface area contributed by atoms with Gasteiger partial charge in [0.2, 0.25) is 0 Å². The third-order valence-electron chi connectivity index (χ3n) is 7.87. The number of fused-ring (bicyclic) bond motifs is 1. The summed E-state index contributed by atoms with van der Waals surface area (Å²) >= 11 is 0. The first-order valence-corrected chi connectivity index (χ1v) is 14.4. The van der Waals surface area contributed by atoms with E-state index in [4.69, 9.17) is 0 Å². The standard InChI is InChI=1S/C39H31NO3/c41-38(34-24-22-32(23-25-34)30-12-5-2-6-13-30)40(27-35-16-9-15-33-14-7-8-17-36(33)35)37(39(42)43)26-28-18-20-31(21-19-28)29-10-3-1-4-11-29/h1-25,37H,26-27H2,(H,42,43)/t37-/m0/s1. The average Bonchev–Trinajstić information content (AvgIpc) is 3.07. The van der Waals surface area contributed by atoms with Crippen LogP contribution >= 0.6 is 0 Å². The van der Waals surface area contributed by atoms with E-state index in [1.807, 2.05) is 140 Å². The SMILES string of the molecule is O=C(O)[C@H](Cc1ccc(-c2ccccc2)cc1)N(Cc1cccc2ccccc12)C(=O)c1ccc(-c2ccccc2)cc1. The molecule has 6 rings (SSSR count). The van der Waals surface area contributed by atoms with Gasteiger partial charge in [-0.1, -0.05) is 140 Å². The zero-order chi connectivity index (χ0) is 29.6. The third kappa shape index (κ3) is 6.24. The van der Waals surface area contributed by atoms with E-state index in [2.05, 4.69) is 0 Å². The van der Waals surface area contributed by atoms with Gasteiger partial charge in [0.15, 0.2) is 0 Å². The average molecular weight is 562 g/mol. The lowest BCUT2D eigenvalue weighted by Gasteiger charge is -2.30. The normalized spacial score (nSPS) is 11.6. The van der Waals surface area contributed by atoms with Crippen molar-refractivity contribution in [3.05, 3.63) is 168 Å². The van der Waals surface area contributed by atoms with Crippen molar-refractivity contribution in [1.82, 2.24) is 4.90 Å². The fourth-order valence-corrected chi connectivity index (χ4v) is 5.56. The Balaban J connectivity index is 1.34. The van der Waals surface area contributed by atoms with E-state index in [1.54, 1.807) is 12.1 Å². The van der Waals surface area contributed by atoms with Crippen molar-refractivity contribution in [2.45, 2.75) is 19.0 Å². The number of aliphatic carboxylic acids is 1. The number of hydrogen-bond donors (Lipinski definition) is 1. The van der Waals surface area contributed by atoms with Crippen LogP contribution in [0.3, 0.4) is 0 Å². The molecule has 43 heavy (non-hydrogen) atoms. The molecule has 0 unspecified atom stereocenters. The number of carbonyl (C=O) groups excluding carboxylic acids is 1. The van der Waals surface area contributed by atoms with Crippen molar-refractivity contribution >= 4 is 22.6 Å². The number of nitrogens with zero attached hydrogens (tertiary/aromatic N) is 1. The van der Waals surface area contributed by atoms with Gasteiger partial charge in [-0.15, -0.1) is 0 Å². The molecule has 0 radical (unpaired) electrons. The Morgan fingerprint density at radius 2 is 1.07 bits per heavy atom. The number of benzene rings is 6. The molecule has 210 valence electrons. The Labute approximate surface area is 251 Å². The Hall–Kier alpha value is -5.48. The van der Waals surface area contributed by atoms with E-state index < -0.39 is 12.0 Å². The van der Waals surface area contributed by atoms with Gasteiger partial charge >= 0.3 is 5.97 Å². The predicted octanol–water partition coefficient (Wildman–Crippen LogP) is 8.51. The van der Waals surface area contributed by atoms with Crippen LogP contribution in [0.15, 0.2) is 152 Å². The maximum Gasteiger partial charge on any atom is 0.326 e. The van der Waals surface area contributed by atoms with Crippen LogP contribution in [-0.4, -0.2) is 27.9 Å². The lowest BCUT2D eigenvalue weighted by molar-refractivity contribution is -0.142. The molecule has 0 saturated carbocycles. The van der Waals surface area contributed by atoms with E-state index in [-0.39, 0.29) is 18.9 Å². The molecule has 0 fully saturated rings. The molecule has 4 heteroatoms. The van der Waals surface area contributed by atoms with Crippen LogP contribution in [-0.2, 0) is 17.8 Å². The number of carboxylic acids is 1. The molecule has 0 aliphatic carbocycles. The molecule has 0 spiro atoms. The number of amides is 1. The van der Waals surface area contributed by atoms with E-state index >= 15 is 0 Å². The van der Waals surface area contributed by atoms with Crippen LogP contribution < -0.4 is 0 Å². The minimum Gasteiger partial charge on any atom is -0.480 e. The molecule has 0 bridgehead atoms. The van der Waals surface area contributed by atoms with Gasteiger partial charge in [-0.3, -0.25) is 4.79 Å². The summed E-state index contributed by atoms with van der Waals surface area (Å²) in [5.41, 5.74) is 6.39. The zero-order valence-corrected chi connectivity index (χ0v) is 23.6. The molecule has 1 atom stereocenters. The van der Waals surface area contributed by atoms with Crippen LogP contribution in [0.25, 0.3) is 33.0 Å². The molecule has 6 aromatic rings. The first-order chi connectivity index (χ1) is 21.1. The molecular weight excluding hydrogens is 530 g/mol. The molecule has 1 amide bonds. The summed E-state index contributed by atoms with van der Waals surface area (Å²) in [6.45, 7) is 0.166. The van der Waals surface area contributed by atoms with Crippen LogP contribution in [0, 0.1) is 0 Å². The minimum atomic E-state index is -1.07. The van der Waals surface area contributed by atoms with Gasteiger partial charge in [-0.2, -0.15) is 0 Å². The summed E-state index contributed by atoms with van der Waals surface area (Å²) < 4.78 is 0. The van der Waals surface area contributed by atoms with E-state index in [9.17, 15) is 14.7 Å². The molecule has 0 heterocycles. The van der Waals surface area contributed by atoms with Crippen LogP contribution in [0.1, 0.15) is 21.5 Å². The molecule has 1 N–H and O–H groups in total. The second-order valence-corrected chi connectivity index (χ2v) is 10.6. The maximum atomic E-state index is 14.2. The summed E-state index contributed by atoms with van der Waals surface area (Å²) in [6, 6.07) is 48.2. The van der Waals surface area contributed by atoms with Gasteiger partial charge in [0.1, 0.15) is 6.04 Å². The van der Waals surface area contributed by atoms with Gasteiger partial charge < -0.3 is 10.0 Å². The first kappa shape index (κ1) is 27.7. The Morgan fingerprint density at radius 3 is 1.67 bits per heavy atom. The first-order valence-electron chi connectivity index (χ1n) is 14.4. The minimum absolute atomic E-state index is 0.166. The molecule has 0 saturated heterocycles. The fraction of sp³-hybridized carbons (Fsp3) is 0.0769. The van der Waals surface area contributed by atoms with Gasteiger partial charge in [-0.05, 0) is 56.3 Å². The highest BCUT2D eigenvalue weighted by molar-refractivity contribution is 5.97. The number of rotatable bonds is 9. The highest BCUT2D eigenvalue weighted by Crippen LogP contribution is 2.26. The van der Waals surface area contributed by atoms with Crippen LogP contribution in [0.5, 0.6) is 0 Å². The smallest absolute Gasteiger partial charge is 0.326 e. The van der Waals surface area contributed by atoms with Gasteiger partial charge in [-0.25, -0.2) is 4.79 Å². The number of carbonyl (C=O) groups is 2. The summed E-state index contributed by atoms with van der Waals surface area (Å²) in [5.74, 6) is -1.36. The lowest BCUT2D eigenvalue weighted by Crippen LogP contribution is -2.46. The molecule has 4 nitrogen and oxygen atoms in total. The molecular formula is C39H31NO3. The Morgan fingerprint density at radius 1 is 0.558 bits per heavy atom. The van der Waals surface area contributed by atoms with E-state index in [1.165, 1.54) is 4.90 Å². The monoisotopic (exact) mass is 561 g/mol. The topological polar surface area (TPSA) is 57.6 Å². The molecule has 0 aliphatic rings. The summed E-state index contributed by atoms with van der Waals surface area (Å²) in [6.07, 6.45) is 0.184. The zero-order valence-electron chi connectivity index (χ0n) is 23.6. The van der Waals surface area contributed by atoms with E-state index in [0.29, 0.717) is 5.56 Å². The fourth-order valence-electron chi connectivity index (χ4n) is 5.56. The van der Waals surface area contributed by atoms with Gasteiger partial charge in [0.25, 0.3) is 5.91 Å². The predicted molar refractivity (Wildman–Crippen MR) is 173 cm³/mol. The highest BCUT2D eigenvalue weighted by Gasteiger charge is 2.31. The summed E-state index contributed by atoms with van der Waals surface area (Å²) in [4.78, 5) is 28.5. The second-order valence-electron chi connectivity index (χ2n) is 10.6. The second kappa shape index (κ2) is 12.6. The third-order valence-corrected chi connectivity index (χ3v) is 7.87. The molecule has 6 aromatic carbocycles. The summed E-state index contributed by atoms with van der Waals surface area (Å²) in [5, 5.41) is 12.6. The van der Waals surface area contributed by atoms with Gasteiger partial charge in [0, 0.05) is 18.5 Å². The van der Waals surface area contributed by atoms with Crippen molar-refractivity contribution in [3.63, 3.8) is 0 Å². The van der Waals surface area contributed by atoms with Crippen molar-refractivity contribution in [2.75, 3.05) is 0 Å².